The molecule has 6 heteroatoms. The first-order valence-corrected chi connectivity index (χ1v) is 9.73. The zero-order valence-electron chi connectivity index (χ0n) is 14.0. The Labute approximate surface area is 150 Å². The SMILES string of the molecule is Cc1cc(OCCSc2nnc(-c3cccs3)o2)ccc1C(C)C. The molecule has 0 unspecified atom stereocenters. The predicted molar refractivity (Wildman–Crippen MR) is 99.1 cm³/mol. The Hall–Kier alpha value is -1.79. The topological polar surface area (TPSA) is 48.2 Å². The van der Waals surface area contributed by atoms with Gasteiger partial charge in [-0.2, -0.15) is 0 Å². The Balaban J connectivity index is 1.48. The molecule has 2 heterocycles. The first kappa shape index (κ1) is 17.0. The number of thioether (sulfide) groups is 1. The van der Waals surface area contributed by atoms with Gasteiger partial charge in [-0.1, -0.05) is 37.7 Å². The summed E-state index contributed by atoms with van der Waals surface area (Å²) in [6, 6.07) is 10.2. The van der Waals surface area contributed by atoms with Gasteiger partial charge in [0.15, 0.2) is 0 Å². The Bertz CT molecular complexity index is 782. The van der Waals surface area contributed by atoms with Gasteiger partial charge in [0.05, 0.1) is 11.5 Å². The van der Waals surface area contributed by atoms with Gasteiger partial charge in [-0.15, -0.1) is 21.5 Å². The zero-order valence-corrected chi connectivity index (χ0v) is 15.6. The van der Waals surface area contributed by atoms with Crippen LogP contribution in [0.5, 0.6) is 5.75 Å². The third kappa shape index (κ3) is 4.19. The number of hydrogen-bond donors (Lipinski definition) is 0. The molecule has 0 saturated heterocycles. The number of ether oxygens (including phenoxy) is 1. The fraction of sp³-hybridized carbons (Fsp3) is 0.333. The van der Waals surface area contributed by atoms with E-state index < -0.39 is 0 Å². The van der Waals surface area contributed by atoms with Crippen LogP contribution in [0, 0.1) is 6.92 Å². The van der Waals surface area contributed by atoms with Crippen LogP contribution in [0.15, 0.2) is 45.4 Å². The lowest BCUT2D eigenvalue weighted by atomic mass is 9.98. The average Bonchev–Trinajstić information content (AvgIpc) is 3.22. The second kappa shape index (κ2) is 7.85. The third-order valence-electron chi connectivity index (χ3n) is 3.58. The molecular weight excluding hydrogens is 340 g/mol. The monoisotopic (exact) mass is 360 g/mol. The lowest BCUT2D eigenvalue weighted by Gasteiger charge is -2.12. The van der Waals surface area contributed by atoms with Crippen molar-refractivity contribution in [2.75, 3.05) is 12.4 Å². The van der Waals surface area contributed by atoms with Crippen LogP contribution in [-0.2, 0) is 0 Å². The van der Waals surface area contributed by atoms with Crippen molar-refractivity contribution < 1.29 is 9.15 Å². The summed E-state index contributed by atoms with van der Waals surface area (Å²) in [6.45, 7) is 7.13. The van der Waals surface area contributed by atoms with Gasteiger partial charge in [-0.3, -0.25) is 0 Å². The fourth-order valence-corrected chi connectivity index (χ4v) is 3.66. The molecule has 0 aliphatic heterocycles. The van der Waals surface area contributed by atoms with E-state index in [4.69, 9.17) is 9.15 Å². The minimum Gasteiger partial charge on any atom is -0.493 e. The minimum absolute atomic E-state index is 0.532. The number of benzene rings is 1. The van der Waals surface area contributed by atoms with Gasteiger partial charge >= 0.3 is 0 Å². The molecule has 0 bridgehead atoms. The number of hydrogen-bond acceptors (Lipinski definition) is 6. The van der Waals surface area contributed by atoms with Crippen LogP contribution >= 0.6 is 23.1 Å². The van der Waals surface area contributed by atoms with E-state index in [1.165, 1.54) is 22.9 Å². The number of thiophene rings is 1. The molecule has 0 aliphatic carbocycles. The number of rotatable bonds is 7. The quantitative estimate of drug-likeness (QED) is 0.417. The second-order valence-corrected chi connectivity index (χ2v) is 7.71. The molecule has 0 spiro atoms. The van der Waals surface area contributed by atoms with E-state index in [9.17, 15) is 0 Å². The van der Waals surface area contributed by atoms with Crippen molar-refractivity contribution in [2.24, 2.45) is 0 Å². The Kier molecular flexibility index (Phi) is 5.58. The van der Waals surface area contributed by atoms with Crippen LogP contribution in [0.25, 0.3) is 10.8 Å². The van der Waals surface area contributed by atoms with Gasteiger partial charge in [-0.25, -0.2) is 0 Å². The van der Waals surface area contributed by atoms with Crippen LogP contribution in [0.1, 0.15) is 30.9 Å². The average molecular weight is 361 g/mol. The molecule has 0 fully saturated rings. The molecule has 2 aromatic heterocycles. The first-order chi connectivity index (χ1) is 11.6. The summed E-state index contributed by atoms with van der Waals surface area (Å²) in [7, 11) is 0. The fourth-order valence-electron chi connectivity index (χ4n) is 2.44. The van der Waals surface area contributed by atoms with Gasteiger partial charge in [0.1, 0.15) is 5.75 Å². The molecule has 126 valence electrons. The standard InChI is InChI=1S/C18H20N2O2S2/c1-12(2)15-7-6-14(11-13(15)3)21-8-10-24-18-20-19-17(22-18)16-5-4-9-23-16/h4-7,9,11-12H,8,10H2,1-3H3. The molecule has 0 amide bonds. The van der Waals surface area contributed by atoms with Crippen molar-refractivity contribution >= 4 is 23.1 Å². The highest BCUT2D eigenvalue weighted by Crippen LogP contribution is 2.27. The largest absolute Gasteiger partial charge is 0.493 e. The summed E-state index contributed by atoms with van der Waals surface area (Å²) >= 11 is 3.10. The van der Waals surface area contributed by atoms with Crippen molar-refractivity contribution in [3.05, 3.63) is 46.8 Å². The van der Waals surface area contributed by atoms with Gasteiger partial charge < -0.3 is 9.15 Å². The van der Waals surface area contributed by atoms with Gasteiger partial charge in [0.2, 0.25) is 0 Å². The van der Waals surface area contributed by atoms with Crippen LogP contribution in [-0.4, -0.2) is 22.6 Å². The molecule has 4 nitrogen and oxygen atoms in total. The zero-order chi connectivity index (χ0) is 16.9. The summed E-state index contributed by atoms with van der Waals surface area (Å²) in [4.78, 5) is 0.992. The van der Waals surface area contributed by atoms with E-state index in [0.717, 1.165) is 16.4 Å². The molecule has 0 saturated carbocycles. The number of aromatic nitrogens is 2. The summed E-state index contributed by atoms with van der Waals surface area (Å²) in [6.07, 6.45) is 0. The van der Waals surface area contributed by atoms with E-state index in [1.54, 1.807) is 11.3 Å². The Morgan fingerprint density at radius 1 is 1.25 bits per heavy atom. The normalized spacial score (nSPS) is 11.2. The summed E-state index contributed by atoms with van der Waals surface area (Å²) in [5.74, 6) is 2.78. The highest BCUT2D eigenvalue weighted by Gasteiger charge is 2.10. The predicted octanol–water partition coefficient (Wildman–Crippen LogP) is 5.40. The number of nitrogens with zero attached hydrogens (tertiary/aromatic N) is 2. The molecule has 0 atom stereocenters. The van der Waals surface area contributed by atoms with E-state index in [2.05, 4.69) is 43.1 Å². The summed E-state index contributed by atoms with van der Waals surface area (Å²) < 4.78 is 11.5. The first-order valence-electron chi connectivity index (χ1n) is 7.87. The van der Waals surface area contributed by atoms with Crippen molar-refractivity contribution in [3.8, 4) is 16.5 Å². The molecule has 0 radical (unpaired) electrons. The van der Waals surface area contributed by atoms with Gasteiger partial charge in [0, 0.05) is 5.75 Å². The lowest BCUT2D eigenvalue weighted by molar-refractivity contribution is 0.343. The van der Waals surface area contributed by atoms with Crippen LogP contribution < -0.4 is 4.74 Å². The molecule has 0 N–H and O–H groups in total. The maximum atomic E-state index is 5.81. The second-order valence-electron chi connectivity index (χ2n) is 5.72. The maximum absolute atomic E-state index is 5.81. The molecule has 3 aromatic rings. The van der Waals surface area contributed by atoms with E-state index >= 15 is 0 Å². The smallest absolute Gasteiger partial charge is 0.277 e. The summed E-state index contributed by atoms with van der Waals surface area (Å²) in [5.41, 5.74) is 2.64. The third-order valence-corrected chi connectivity index (χ3v) is 5.22. The lowest BCUT2D eigenvalue weighted by Crippen LogP contribution is -2.01. The highest BCUT2D eigenvalue weighted by molar-refractivity contribution is 7.99. The molecule has 24 heavy (non-hydrogen) atoms. The van der Waals surface area contributed by atoms with E-state index in [0.29, 0.717) is 23.6 Å². The molecule has 1 aromatic carbocycles. The molecule has 0 aliphatic rings. The van der Waals surface area contributed by atoms with Crippen molar-refractivity contribution in [1.82, 2.24) is 10.2 Å². The maximum Gasteiger partial charge on any atom is 0.277 e. The van der Waals surface area contributed by atoms with Crippen molar-refractivity contribution in [1.29, 1.82) is 0 Å². The summed E-state index contributed by atoms with van der Waals surface area (Å²) in [5, 5.41) is 10.7. The van der Waals surface area contributed by atoms with E-state index in [-0.39, 0.29) is 0 Å². The number of aryl methyl sites for hydroxylation is 1. The van der Waals surface area contributed by atoms with Crippen molar-refractivity contribution in [2.45, 2.75) is 31.9 Å². The Morgan fingerprint density at radius 3 is 2.83 bits per heavy atom. The van der Waals surface area contributed by atoms with Crippen LogP contribution in [0.4, 0.5) is 0 Å². The molecular formula is C18H20N2O2S2. The minimum atomic E-state index is 0.532. The van der Waals surface area contributed by atoms with Crippen LogP contribution in [0.3, 0.4) is 0 Å². The Morgan fingerprint density at radius 2 is 2.12 bits per heavy atom. The van der Waals surface area contributed by atoms with E-state index in [1.807, 2.05) is 23.6 Å². The molecule has 3 rings (SSSR count). The van der Waals surface area contributed by atoms with Gasteiger partial charge in [0.25, 0.3) is 11.1 Å². The highest BCUT2D eigenvalue weighted by atomic mass is 32.2. The van der Waals surface area contributed by atoms with Gasteiger partial charge in [-0.05, 0) is 47.5 Å². The van der Waals surface area contributed by atoms with Crippen molar-refractivity contribution in [3.63, 3.8) is 0 Å². The van der Waals surface area contributed by atoms with Crippen LogP contribution in [0.2, 0.25) is 0 Å².